The minimum absolute atomic E-state index is 0.0694. The van der Waals surface area contributed by atoms with Gasteiger partial charge in [-0.25, -0.2) is 0 Å². The molecule has 1 atom stereocenters. The minimum Gasteiger partial charge on any atom is -0.495 e. The molecule has 0 aliphatic carbocycles. The van der Waals surface area contributed by atoms with Gasteiger partial charge in [-0.15, -0.1) is 0 Å². The molecule has 0 aromatic heterocycles. The zero-order valence-corrected chi connectivity index (χ0v) is 16.9. The first-order chi connectivity index (χ1) is 13.5. The van der Waals surface area contributed by atoms with Gasteiger partial charge in [0.2, 0.25) is 0 Å². The number of nitrogens with zero attached hydrogens (tertiary/aromatic N) is 1. The van der Waals surface area contributed by atoms with Crippen LogP contribution in [0.5, 0.6) is 5.75 Å². The molecule has 1 N–H and O–H groups in total. The molecule has 0 saturated carbocycles. The third kappa shape index (κ3) is 3.19. The van der Waals surface area contributed by atoms with E-state index in [2.05, 4.69) is 5.32 Å². The van der Waals surface area contributed by atoms with E-state index in [1.807, 2.05) is 49.4 Å². The average Bonchev–Trinajstić information content (AvgIpc) is 2.97. The van der Waals surface area contributed by atoms with Crippen LogP contribution in [0.1, 0.15) is 27.7 Å². The molecule has 0 radical (unpaired) electrons. The molecule has 1 aliphatic heterocycles. The Morgan fingerprint density at radius 3 is 2.46 bits per heavy atom. The summed E-state index contributed by atoms with van der Waals surface area (Å²) >= 11 is 12.3. The van der Waals surface area contributed by atoms with E-state index in [1.54, 1.807) is 30.2 Å². The quantitative estimate of drug-likeness (QED) is 0.564. The van der Waals surface area contributed by atoms with Crippen molar-refractivity contribution in [1.29, 1.82) is 0 Å². The molecule has 0 bridgehead atoms. The van der Waals surface area contributed by atoms with Crippen LogP contribution in [0.25, 0.3) is 0 Å². The first-order valence-corrected chi connectivity index (χ1v) is 9.54. The van der Waals surface area contributed by atoms with Gasteiger partial charge >= 0.3 is 0 Å². The maximum atomic E-state index is 13.2. The van der Waals surface area contributed by atoms with E-state index in [9.17, 15) is 4.79 Å². The number of halogens is 2. The number of aryl methyl sites for hydroxylation is 1. The molecule has 28 heavy (non-hydrogen) atoms. The molecule has 1 heterocycles. The van der Waals surface area contributed by atoms with Gasteiger partial charge in [-0.05, 0) is 48.9 Å². The Labute approximate surface area is 173 Å². The van der Waals surface area contributed by atoms with Crippen LogP contribution in [0.15, 0.2) is 60.7 Å². The van der Waals surface area contributed by atoms with Gasteiger partial charge in [-0.3, -0.25) is 9.69 Å². The molecular formula is C22H18Cl2N2O2. The summed E-state index contributed by atoms with van der Waals surface area (Å²) in [6.07, 6.45) is -0.389. The molecule has 3 aromatic rings. The van der Waals surface area contributed by atoms with Crippen molar-refractivity contribution in [2.24, 2.45) is 0 Å². The van der Waals surface area contributed by atoms with Gasteiger partial charge < -0.3 is 10.1 Å². The Morgan fingerprint density at radius 1 is 1.04 bits per heavy atom. The smallest absolute Gasteiger partial charge is 0.260 e. The fourth-order valence-corrected chi connectivity index (χ4v) is 3.70. The van der Waals surface area contributed by atoms with Crippen LogP contribution in [0.4, 0.5) is 11.4 Å². The van der Waals surface area contributed by atoms with Crippen molar-refractivity contribution in [3.63, 3.8) is 0 Å². The SMILES string of the molecule is COc1cc(Cl)c(C)cc1NC1c2ccccc2C(=O)N1c1ccc(Cl)cc1. The Bertz CT molecular complexity index is 1050. The molecule has 0 spiro atoms. The predicted octanol–water partition coefficient (Wildman–Crippen LogP) is 6.08. The number of hydrogen-bond donors (Lipinski definition) is 1. The number of ether oxygens (including phenoxy) is 1. The third-order valence-electron chi connectivity index (χ3n) is 4.84. The number of carbonyl (C=O) groups excluding carboxylic acids is 1. The van der Waals surface area contributed by atoms with E-state index in [1.165, 1.54) is 0 Å². The second kappa shape index (κ2) is 7.38. The van der Waals surface area contributed by atoms with Crippen LogP contribution in [0, 0.1) is 6.92 Å². The molecule has 4 nitrogen and oxygen atoms in total. The lowest BCUT2D eigenvalue weighted by Gasteiger charge is -2.28. The number of hydrogen-bond acceptors (Lipinski definition) is 3. The number of carbonyl (C=O) groups is 1. The van der Waals surface area contributed by atoms with Crippen LogP contribution in [0.3, 0.4) is 0 Å². The van der Waals surface area contributed by atoms with Crippen molar-refractivity contribution >= 4 is 40.5 Å². The summed E-state index contributed by atoms with van der Waals surface area (Å²) in [5, 5.41) is 4.71. The molecule has 6 heteroatoms. The van der Waals surface area contributed by atoms with E-state index >= 15 is 0 Å². The third-order valence-corrected chi connectivity index (χ3v) is 5.50. The fraction of sp³-hybridized carbons (Fsp3) is 0.136. The Morgan fingerprint density at radius 2 is 1.75 bits per heavy atom. The molecule has 1 amide bonds. The first-order valence-electron chi connectivity index (χ1n) is 8.78. The normalized spacial score (nSPS) is 15.5. The van der Waals surface area contributed by atoms with E-state index in [0.717, 1.165) is 22.5 Å². The maximum absolute atomic E-state index is 13.2. The zero-order valence-electron chi connectivity index (χ0n) is 15.4. The zero-order chi connectivity index (χ0) is 19.8. The number of amides is 1. The largest absolute Gasteiger partial charge is 0.495 e. The van der Waals surface area contributed by atoms with Crippen molar-refractivity contribution in [3.05, 3.63) is 87.4 Å². The molecule has 1 unspecified atom stereocenters. The van der Waals surface area contributed by atoms with Crippen molar-refractivity contribution < 1.29 is 9.53 Å². The van der Waals surface area contributed by atoms with Gasteiger partial charge in [0.25, 0.3) is 5.91 Å². The van der Waals surface area contributed by atoms with Crippen molar-refractivity contribution in [3.8, 4) is 5.75 Å². The molecular weight excluding hydrogens is 395 g/mol. The van der Waals surface area contributed by atoms with E-state index in [-0.39, 0.29) is 12.1 Å². The lowest BCUT2D eigenvalue weighted by Crippen LogP contribution is -2.32. The lowest BCUT2D eigenvalue weighted by atomic mass is 10.1. The maximum Gasteiger partial charge on any atom is 0.260 e. The standard InChI is InChI=1S/C22H18Cl2N2O2/c1-13-11-19(20(28-2)12-18(13)24)25-21-16-5-3-4-6-17(16)22(27)26(21)15-9-7-14(23)8-10-15/h3-12,21,25H,1-2H3. The first kappa shape index (κ1) is 18.7. The second-order valence-corrected chi connectivity index (χ2v) is 7.43. The summed E-state index contributed by atoms with van der Waals surface area (Å²) in [4.78, 5) is 14.9. The van der Waals surface area contributed by atoms with E-state index < -0.39 is 0 Å². The van der Waals surface area contributed by atoms with Gasteiger partial charge in [0, 0.05) is 32.9 Å². The highest BCUT2D eigenvalue weighted by molar-refractivity contribution is 6.31. The van der Waals surface area contributed by atoms with Gasteiger partial charge in [-0.1, -0.05) is 41.4 Å². The number of rotatable bonds is 4. The lowest BCUT2D eigenvalue weighted by molar-refractivity contribution is 0.0993. The Balaban J connectivity index is 1.81. The summed E-state index contributed by atoms with van der Waals surface area (Å²) in [5.41, 5.74) is 4.00. The monoisotopic (exact) mass is 412 g/mol. The highest BCUT2D eigenvalue weighted by Gasteiger charge is 2.38. The Hall–Kier alpha value is -2.69. The highest BCUT2D eigenvalue weighted by atomic mass is 35.5. The fourth-order valence-electron chi connectivity index (χ4n) is 3.42. The Kier molecular flexibility index (Phi) is 4.92. The van der Waals surface area contributed by atoms with Crippen molar-refractivity contribution in [2.45, 2.75) is 13.1 Å². The molecule has 4 rings (SSSR count). The van der Waals surface area contributed by atoms with Gasteiger partial charge in [0.15, 0.2) is 0 Å². The summed E-state index contributed by atoms with van der Waals surface area (Å²) in [6, 6.07) is 18.5. The summed E-state index contributed by atoms with van der Waals surface area (Å²) in [5.74, 6) is 0.545. The number of fused-ring (bicyclic) bond motifs is 1. The molecule has 1 aliphatic rings. The van der Waals surface area contributed by atoms with Crippen LogP contribution in [-0.4, -0.2) is 13.0 Å². The van der Waals surface area contributed by atoms with Crippen LogP contribution < -0.4 is 15.0 Å². The van der Waals surface area contributed by atoms with Gasteiger partial charge in [0.05, 0.1) is 12.8 Å². The molecule has 0 fully saturated rings. The summed E-state index contributed by atoms with van der Waals surface area (Å²) in [7, 11) is 1.59. The number of benzene rings is 3. The molecule has 142 valence electrons. The van der Waals surface area contributed by atoms with Crippen LogP contribution in [0.2, 0.25) is 10.0 Å². The van der Waals surface area contributed by atoms with Crippen LogP contribution in [-0.2, 0) is 0 Å². The topological polar surface area (TPSA) is 41.6 Å². The van der Waals surface area contributed by atoms with Gasteiger partial charge in [0.1, 0.15) is 11.9 Å². The number of nitrogens with one attached hydrogen (secondary N) is 1. The second-order valence-electron chi connectivity index (χ2n) is 6.59. The minimum atomic E-state index is -0.389. The molecule has 0 saturated heterocycles. The van der Waals surface area contributed by atoms with Crippen molar-refractivity contribution in [1.82, 2.24) is 0 Å². The molecule has 3 aromatic carbocycles. The van der Waals surface area contributed by atoms with Crippen molar-refractivity contribution in [2.75, 3.05) is 17.3 Å². The van der Waals surface area contributed by atoms with E-state index in [4.69, 9.17) is 27.9 Å². The summed E-state index contributed by atoms with van der Waals surface area (Å²) < 4.78 is 5.50. The van der Waals surface area contributed by atoms with E-state index in [0.29, 0.717) is 21.4 Å². The van der Waals surface area contributed by atoms with Gasteiger partial charge in [-0.2, -0.15) is 0 Å². The predicted molar refractivity (Wildman–Crippen MR) is 114 cm³/mol. The number of anilines is 2. The average molecular weight is 413 g/mol. The summed E-state index contributed by atoms with van der Waals surface area (Å²) in [6.45, 7) is 1.93. The van der Waals surface area contributed by atoms with Crippen LogP contribution >= 0.6 is 23.2 Å². The number of methoxy groups -OCH3 is 1. The highest BCUT2D eigenvalue weighted by Crippen LogP contribution is 2.41.